The van der Waals surface area contributed by atoms with Crippen LogP contribution < -0.4 is 0 Å². The van der Waals surface area contributed by atoms with E-state index >= 15 is 0 Å². The highest BCUT2D eigenvalue weighted by Crippen LogP contribution is 2.31. The Balaban J connectivity index is 2.50. The molecule has 0 amide bonds. The highest BCUT2D eigenvalue weighted by Gasteiger charge is 2.30. The molecule has 0 bridgehead atoms. The summed E-state index contributed by atoms with van der Waals surface area (Å²) in [5.74, 6) is 0.585. The van der Waals surface area contributed by atoms with Crippen LogP contribution in [0.1, 0.15) is 32.2 Å². The van der Waals surface area contributed by atoms with E-state index in [-0.39, 0.29) is 10.7 Å². The van der Waals surface area contributed by atoms with Crippen LogP contribution in [0, 0.1) is 0 Å². The predicted molar refractivity (Wildman–Crippen MR) is 70.1 cm³/mol. The summed E-state index contributed by atoms with van der Waals surface area (Å²) in [6.07, 6.45) is -4.36. The second-order valence-corrected chi connectivity index (χ2v) is 5.76. The van der Waals surface area contributed by atoms with E-state index in [9.17, 15) is 13.2 Å². The van der Waals surface area contributed by atoms with Gasteiger partial charge in [0, 0.05) is 11.1 Å². The van der Waals surface area contributed by atoms with Gasteiger partial charge in [-0.15, -0.1) is 10.2 Å². The number of hydrogen-bond donors (Lipinski definition) is 0. The van der Waals surface area contributed by atoms with Gasteiger partial charge in [0.2, 0.25) is 5.28 Å². The Morgan fingerprint density at radius 2 is 1.55 bits per heavy atom. The number of hydrogen-bond acceptors (Lipinski definition) is 2. The molecule has 0 spiro atoms. The zero-order valence-corrected chi connectivity index (χ0v) is 11.9. The average Bonchev–Trinajstić information content (AvgIpc) is 2.70. The second-order valence-electron chi connectivity index (χ2n) is 5.42. The minimum atomic E-state index is -4.36. The smallest absolute Gasteiger partial charge is 0.269 e. The average molecular weight is 304 g/mol. The Morgan fingerprint density at radius 1 is 1.00 bits per heavy atom. The minimum Gasteiger partial charge on any atom is -0.269 e. The second kappa shape index (κ2) is 4.77. The van der Waals surface area contributed by atoms with Crippen LogP contribution in [0.15, 0.2) is 24.3 Å². The van der Waals surface area contributed by atoms with Crippen molar-refractivity contribution in [1.29, 1.82) is 0 Å². The Morgan fingerprint density at radius 3 is 2.00 bits per heavy atom. The van der Waals surface area contributed by atoms with Crippen molar-refractivity contribution in [2.45, 2.75) is 32.4 Å². The van der Waals surface area contributed by atoms with Crippen molar-refractivity contribution < 1.29 is 13.2 Å². The summed E-state index contributed by atoms with van der Waals surface area (Å²) in [7, 11) is 0. The zero-order chi connectivity index (χ0) is 15.1. The first-order valence-electron chi connectivity index (χ1n) is 5.90. The third-order valence-electron chi connectivity index (χ3n) is 2.75. The summed E-state index contributed by atoms with van der Waals surface area (Å²) in [4.78, 5) is 0. The fourth-order valence-corrected chi connectivity index (χ4v) is 1.99. The van der Waals surface area contributed by atoms with Crippen LogP contribution in [-0.2, 0) is 11.6 Å². The van der Waals surface area contributed by atoms with Gasteiger partial charge in [0.1, 0.15) is 5.82 Å². The van der Waals surface area contributed by atoms with Crippen molar-refractivity contribution >= 4 is 11.6 Å². The lowest BCUT2D eigenvalue weighted by molar-refractivity contribution is -0.137. The third kappa shape index (κ3) is 2.80. The van der Waals surface area contributed by atoms with E-state index < -0.39 is 11.7 Å². The van der Waals surface area contributed by atoms with E-state index in [1.807, 2.05) is 20.8 Å². The van der Waals surface area contributed by atoms with Gasteiger partial charge < -0.3 is 0 Å². The lowest BCUT2D eigenvalue weighted by Crippen LogP contribution is -2.18. The minimum absolute atomic E-state index is 0.120. The first-order chi connectivity index (χ1) is 9.10. The molecular formula is C13H13ClF3N3. The van der Waals surface area contributed by atoms with Gasteiger partial charge in [-0.05, 0) is 35.9 Å². The topological polar surface area (TPSA) is 30.7 Å². The predicted octanol–water partition coefficient (Wildman–Crippen LogP) is 4.24. The summed E-state index contributed by atoms with van der Waals surface area (Å²) in [5.41, 5.74) is -0.538. The maximum atomic E-state index is 12.6. The van der Waals surface area contributed by atoms with Crippen LogP contribution in [0.3, 0.4) is 0 Å². The van der Waals surface area contributed by atoms with Crippen LogP contribution in [-0.4, -0.2) is 14.8 Å². The summed E-state index contributed by atoms with van der Waals surface area (Å²) in [6, 6.07) is 4.73. The summed E-state index contributed by atoms with van der Waals surface area (Å²) < 4.78 is 39.2. The molecule has 20 heavy (non-hydrogen) atoms. The van der Waals surface area contributed by atoms with Crippen LogP contribution in [0.5, 0.6) is 0 Å². The number of benzene rings is 1. The molecule has 0 atom stereocenters. The molecule has 0 N–H and O–H groups in total. The largest absolute Gasteiger partial charge is 0.416 e. The highest BCUT2D eigenvalue weighted by molar-refractivity contribution is 6.28. The molecule has 1 aromatic carbocycles. The van der Waals surface area contributed by atoms with Crippen LogP contribution in [0.25, 0.3) is 5.69 Å². The zero-order valence-electron chi connectivity index (χ0n) is 11.2. The quantitative estimate of drug-likeness (QED) is 0.789. The van der Waals surface area contributed by atoms with E-state index in [0.29, 0.717) is 11.5 Å². The van der Waals surface area contributed by atoms with Crippen molar-refractivity contribution in [3.63, 3.8) is 0 Å². The third-order valence-corrected chi connectivity index (χ3v) is 2.99. The normalized spacial score (nSPS) is 12.8. The molecule has 7 heteroatoms. The molecule has 0 radical (unpaired) electrons. The molecule has 2 aromatic rings. The maximum absolute atomic E-state index is 12.6. The molecular weight excluding hydrogens is 291 g/mol. The Hall–Kier alpha value is -1.56. The van der Waals surface area contributed by atoms with E-state index in [0.717, 1.165) is 12.1 Å². The number of alkyl halides is 3. The highest BCUT2D eigenvalue weighted by atomic mass is 35.5. The SMILES string of the molecule is CC(C)(C)c1nnc(Cl)n1-c1ccc(C(F)(F)F)cc1. The van der Waals surface area contributed by atoms with Gasteiger partial charge in [-0.25, -0.2) is 0 Å². The maximum Gasteiger partial charge on any atom is 0.416 e. The fraction of sp³-hybridized carbons (Fsp3) is 0.385. The lowest BCUT2D eigenvalue weighted by Gasteiger charge is -2.19. The summed E-state index contributed by atoms with van der Waals surface area (Å²) in [5, 5.41) is 7.90. The summed E-state index contributed by atoms with van der Waals surface area (Å²) >= 11 is 5.98. The molecule has 1 aromatic heterocycles. The molecule has 0 aliphatic rings. The standard InChI is InChI=1S/C13H13ClF3N3/c1-12(2,3)10-18-19-11(14)20(10)9-6-4-8(5-7-9)13(15,16)17/h4-7H,1-3H3. The van der Waals surface area contributed by atoms with Gasteiger partial charge in [0.15, 0.2) is 0 Å². The summed E-state index contributed by atoms with van der Waals surface area (Å²) in [6.45, 7) is 5.77. The van der Waals surface area contributed by atoms with E-state index in [1.165, 1.54) is 12.1 Å². The fourth-order valence-electron chi connectivity index (χ4n) is 1.78. The lowest BCUT2D eigenvalue weighted by atomic mass is 9.95. The Labute approximate surface area is 119 Å². The van der Waals surface area contributed by atoms with Crippen LogP contribution in [0.4, 0.5) is 13.2 Å². The number of aromatic nitrogens is 3. The monoisotopic (exact) mass is 303 g/mol. The molecule has 0 fully saturated rings. The number of rotatable bonds is 1. The van der Waals surface area contributed by atoms with Gasteiger partial charge in [-0.3, -0.25) is 4.57 Å². The molecule has 3 nitrogen and oxygen atoms in total. The van der Waals surface area contributed by atoms with Crippen molar-refractivity contribution in [2.75, 3.05) is 0 Å². The molecule has 0 saturated carbocycles. The molecule has 2 rings (SSSR count). The molecule has 108 valence electrons. The van der Waals surface area contributed by atoms with Crippen LogP contribution in [0.2, 0.25) is 5.28 Å². The van der Waals surface area contributed by atoms with E-state index in [1.54, 1.807) is 4.57 Å². The van der Waals surface area contributed by atoms with Gasteiger partial charge in [0.25, 0.3) is 0 Å². The van der Waals surface area contributed by atoms with E-state index in [4.69, 9.17) is 11.6 Å². The van der Waals surface area contributed by atoms with Crippen molar-refractivity contribution in [3.8, 4) is 5.69 Å². The Kier molecular flexibility index (Phi) is 3.54. The van der Waals surface area contributed by atoms with Gasteiger partial charge in [-0.1, -0.05) is 20.8 Å². The van der Waals surface area contributed by atoms with Gasteiger partial charge >= 0.3 is 6.18 Å². The van der Waals surface area contributed by atoms with Crippen molar-refractivity contribution in [1.82, 2.24) is 14.8 Å². The number of halogens is 4. The molecule has 0 aliphatic carbocycles. The molecule has 0 aliphatic heterocycles. The van der Waals surface area contributed by atoms with E-state index in [2.05, 4.69) is 10.2 Å². The van der Waals surface area contributed by atoms with Crippen molar-refractivity contribution in [2.24, 2.45) is 0 Å². The number of nitrogens with zero attached hydrogens (tertiary/aromatic N) is 3. The van der Waals surface area contributed by atoms with Gasteiger partial charge in [-0.2, -0.15) is 13.2 Å². The molecule has 0 saturated heterocycles. The first-order valence-corrected chi connectivity index (χ1v) is 6.27. The first kappa shape index (κ1) is 14.8. The van der Waals surface area contributed by atoms with Gasteiger partial charge in [0.05, 0.1) is 5.56 Å². The van der Waals surface area contributed by atoms with Crippen molar-refractivity contribution in [3.05, 3.63) is 40.9 Å². The van der Waals surface area contributed by atoms with Crippen LogP contribution >= 0.6 is 11.6 Å². The Bertz CT molecular complexity index is 609. The molecule has 1 heterocycles. The molecule has 0 unspecified atom stereocenters.